The third kappa shape index (κ3) is 4.95. The van der Waals surface area contributed by atoms with Crippen molar-refractivity contribution in [2.45, 2.75) is 33.2 Å². The molecule has 0 saturated carbocycles. The average molecular weight is 357 g/mol. The molecule has 0 bridgehead atoms. The van der Waals surface area contributed by atoms with Gasteiger partial charge in [0.1, 0.15) is 0 Å². The highest BCUT2D eigenvalue weighted by atomic mass is 16.3. The zero-order valence-corrected chi connectivity index (χ0v) is 15.6. The van der Waals surface area contributed by atoms with E-state index in [-0.39, 0.29) is 29.6 Å². The quantitative estimate of drug-likeness (QED) is 0.464. The van der Waals surface area contributed by atoms with Gasteiger partial charge in [-0.1, -0.05) is 0 Å². The van der Waals surface area contributed by atoms with E-state index in [9.17, 15) is 9.59 Å². The summed E-state index contributed by atoms with van der Waals surface area (Å²) in [5, 5.41) is 14.7. The molecule has 1 aromatic rings. The molecule has 2 rings (SSSR count). The Kier molecular flexibility index (Phi) is 6.97. The van der Waals surface area contributed by atoms with E-state index in [4.69, 9.17) is 5.11 Å². The van der Waals surface area contributed by atoms with Crippen molar-refractivity contribution in [1.82, 2.24) is 5.32 Å². The highest BCUT2D eigenvalue weighted by Gasteiger charge is 2.20. The maximum atomic E-state index is 12.2. The smallest absolute Gasteiger partial charge is 0.204 e. The third-order valence-electron chi connectivity index (χ3n) is 4.17. The minimum atomic E-state index is -0.252. The number of hydrogen-bond donors (Lipinski definition) is 3. The van der Waals surface area contributed by atoms with Crippen LogP contribution in [0.2, 0.25) is 0 Å². The highest BCUT2D eigenvalue weighted by Crippen LogP contribution is 2.21. The SMILES string of the molecule is CCN(c1ccc(NC2=CC(=O)C(NCCCO)=CC2=O)cc1)C(C)C. The molecule has 0 fully saturated rings. The van der Waals surface area contributed by atoms with Crippen molar-refractivity contribution in [3.63, 3.8) is 0 Å². The summed E-state index contributed by atoms with van der Waals surface area (Å²) in [6.45, 7) is 7.80. The number of aliphatic hydroxyl groups excluding tert-OH is 1. The second kappa shape index (κ2) is 9.20. The summed E-state index contributed by atoms with van der Waals surface area (Å²) in [6, 6.07) is 8.20. The van der Waals surface area contributed by atoms with Gasteiger partial charge in [-0.2, -0.15) is 0 Å². The summed E-state index contributed by atoms with van der Waals surface area (Å²) in [7, 11) is 0. The maximum absolute atomic E-state index is 12.2. The normalized spacial score (nSPS) is 14.2. The largest absolute Gasteiger partial charge is 0.396 e. The van der Waals surface area contributed by atoms with Gasteiger partial charge < -0.3 is 20.6 Å². The molecule has 1 aliphatic carbocycles. The van der Waals surface area contributed by atoms with Crippen molar-refractivity contribution in [3.05, 3.63) is 47.8 Å². The van der Waals surface area contributed by atoms with Crippen LogP contribution < -0.4 is 15.5 Å². The monoisotopic (exact) mass is 357 g/mol. The molecular weight excluding hydrogens is 330 g/mol. The number of allylic oxidation sites excluding steroid dienone is 2. The van der Waals surface area contributed by atoms with E-state index in [0.717, 1.165) is 17.9 Å². The first-order valence-corrected chi connectivity index (χ1v) is 8.96. The highest BCUT2D eigenvalue weighted by molar-refractivity contribution is 6.20. The Bertz CT molecular complexity index is 706. The van der Waals surface area contributed by atoms with Gasteiger partial charge in [0.05, 0.1) is 11.4 Å². The second-order valence-electron chi connectivity index (χ2n) is 6.40. The van der Waals surface area contributed by atoms with E-state index >= 15 is 0 Å². The lowest BCUT2D eigenvalue weighted by molar-refractivity contribution is -0.115. The van der Waals surface area contributed by atoms with E-state index in [1.54, 1.807) is 0 Å². The first-order valence-electron chi connectivity index (χ1n) is 8.96. The Morgan fingerprint density at radius 2 is 1.65 bits per heavy atom. The van der Waals surface area contributed by atoms with Crippen LogP contribution in [0.3, 0.4) is 0 Å². The molecule has 0 aliphatic heterocycles. The van der Waals surface area contributed by atoms with Crippen LogP contribution in [0.5, 0.6) is 0 Å². The number of rotatable bonds is 9. The number of ketones is 2. The average Bonchev–Trinajstić information content (AvgIpc) is 2.61. The minimum absolute atomic E-state index is 0.0350. The summed E-state index contributed by atoms with van der Waals surface area (Å²) in [4.78, 5) is 26.6. The summed E-state index contributed by atoms with van der Waals surface area (Å²) >= 11 is 0. The predicted octanol–water partition coefficient (Wildman–Crippen LogP) is 2.22. The molecule has 6 heteroatoms. The zero-order chi connectivity index (χ0) is 19.1. The van der Waals surface area contributed by atoms with Gasteiger partial charge in [-0.05, 0) is 51.5 Å². The second-order valence-corrected chi connectivity index (χ2v) is 6.40. The van der Waals surface area contributed by atoms with Gasteiger partial charge in [-0.15, -0.1) is 0 Å². The molecular formula is C20H27N3O3. The molecule has 3 N–H and O–H groups in total. The molecule has 0 heterocycles. The number of nitrogens with one attached hydrogen (secondary N) is 2. The first kappa shape index (κ1) is 19.7. The van der Waals surface area contributed by atoms with Gasteiger partial charge in [-0.3, -0.25) is 9.59 Å². The molecule has 0 amide bonds. The summed E-state index contributed by atoms with van der Waals surface area (Å²) in [6.07, 6.45) is 3.13. The van der Waals surface area contributed by atoms with E-state index in [1.807, 2.05) is 24.3 Å². The molecule has 0 unspecified atom stereocenters. The van der Waals surface area contributed by atoms with E-state index in [0.29, 0.717) is 19.0 Å². The Morgan fingerprint density at radius 3 is 2.23 bits per heavy atom. The molecule has 0 aromatic heterocycles. The molecule has 26 heavy (non-hydrogen) atoms. The summed E-state index contributed by atoms with van der Waals surface area (Å²) < 4.78 is 0. The first-order chi connectivity index (χ1) is 12.5. The van der Waals surface area contributed by atoms with Crippen LogP contribution in [0.15, 0.2) is 47.8 Å². The van der Waals surface area contributed by atoms with Crippen molar-refractivity contribution < 1.29 is 14.7 Å². The van der Waals surface area contributed by atoms with Crippen LogP contribution in [0.1, 0.15) is 27.2 Å². The van der Waals surface area contributed by atoms with Gasteiger partial charge in [0.25, 0.3) is 0 Å². The maximum Gasteiger partial charge on any atom is 0.204 e. The van der Waals surface area contributed by atoms with Gasteiger partial charge in [0.15, 0.2) is 0 Å². The number of anilines is 2. The topological polar surface area (TPSA) is 81.7 Å². The molecule has 140 valence electrons. The Hall–Kier alpha value is -2.60. The fourth-order valence-corrected chi connectivity index (χ4v) is 2.84. The molecule has 0 atom stereocenters. The lowest BCUT2D eigenvalue weighted by atomic mass is 10.1. The van der Waals surface area contributed by atoms with Gasteiger partial charge >= 0.3 is 0 Å². The number of nitrogens with zero attached hydrogens (tertiary/aromatic N) is 1. The molecule has 1 aromatic carbocycles. The molecule has 0 radical (unpaired) electrons. The van der Waals surface area contributed by atoms with Crippen molar-refractivity contribution in [2.75, 3.05) is 29.9 Å². The van der Waals surface area contributed by atoms with Gasteiger partial charge in [0, 0.05) is 49.3 Å². The zero-order valence-electron chi connectivity index (χ0n) is 15.6. The Labute approximate surface area is 154 Å². The number of carbonyl (C=O) groups is 2. The fraction of sp³-hybridized carbons (Fsp3) is 0.400. The van der Waals surface area contributed by atoms with E-state index in [2.05, 4.69) is 36.3 Å². The molecule has 6 nitrogen and oxygen atoms in total. The van der Waals surface area contributed by atoms with Crippen LogP contribution in [0, 0.1) is 0 Å². The van der Waals surface area contributed by atoms with Gasteiger partial charge in [-0.25, -0.2) is 0 Å². The standard InChI is InChI=1S/C20H27N3O3/c1-4-23(14(2)3)16-8-6-15(7-9-16)22-18-13-19(25)17(12-20(18)26)21-10-5-11-24/h6-9,12-14,21-22,24H,4-5,10-11H2,1-3H3. The van der Waals surface area contributed by atoms with E-state index < -0.39 is 0 Å². The number of hydrogen-bond acceptors (Lipinski definition) is 6. The summed E-state index contributed by atoms with van der Waals surface area (Å²) in [5.74, 6) is -0.504. The van der Waals surface area contributed by atoms with Crippen LogP contribution in [-0.2, 0) is 9.59 Å². The lowest BCUT2D eigenvalue weighted by Crippen LogP contribution is -2.30. The van der Waals surface area contributed by atoms with Crippen LogP contribution in [-0.4, -0.2) is 42.4 Å². The van der Waals surface area contributed by atoms with Crippen LogP contribution in [0.4, 0.5) is 11.4 Å². The van der Waals surface area contributed by atoms with Crippen LogP contribution in [0.25, 0.3) is 0 Å². The minimum Gasteiger partial charge on any atom is -0.396 e. The van der Waals surface area contributed by atoms with Crippen molar-refractivity contribution in [2.24, 2.45) is 0 Å². The predicted molar refractivity (Wildman–Crippen MR) is 104 cm³/mol. The molecule has 1 aliphatic rings. The lowest BCUT2D eigenvalue weighted by Gasteiger charge is -2.27. The Balaban J connectivity index is 2.04. The van der Waals surface area contributed by atoms with Crippen LogP contribution >= 0.6 is 0 Å². The van der Waals surface area contributed by atoms with E-state index in [1.165, 1.54) is 12.2 Å². The number of carbonyl (C=O) groups excluding carboxylic acids is 2. The summed E-state index contributed by atoms with van der Waals surface area (Å²) in [5.41, 5.74) is 2.39. The Morgan fingerprint density at radius 1 is 1.04 bits per heavy atom. The molecule has 0 spiro atoms. The number of aliphatic hydroxyl groups is 1. The van der Waals surface area contributed by atoms with Gasteiger partial charge in [0.2, 0.25) is 11.6 Å². The molecule has 0 saturated heterocycles. The number of benzene rings is 1. The third-order valence-corrected chi connectivity index (χ3v) is 4.17. The van der Waals surface area contributed by atoms with Crippen molar-refractivity contribution in [3.8, 4) is 0 Å². The van der Waals surface area contributed by atoms with Crippen molar-refractivity contribution in [1.29, 1.82) is 0 Å². The van der Waals surface area contributed by atoms with Crippen molar-refractivity contribution >= 4 is 22.9 Å². The fourth-order valence-electron chi connectivity index (χ4n) is 2.84.